The average Bonchev–Trinajstić information content (AvgIpc) is 3.25. The average molecular weight is 424 g/mol. The molecule has 0 unspecified atom stereocenters. The third-order valence-corrected chi connectivity index (χ3v) is 5.70. The van der Waals surface area contributed by atoms with Crippen molar-refractivity contribution in [2.24, 2.45) is 0 Å². The molecule has 1 heterocycles. The van der Waals surface area contributed by atoms with Gasteiger partial charge in [-0.1, -0.05) is 66.2 Å². The highest BCUT2D eigenvalue weighted by Crippen LogP contribution is 2.14. The molecule has 0 aliphatic rings. The van der Waals surface area contributed by atoms with E-state index in [2.05, 4.69) is 39.1 Å². The lowest BCUT2D eigenvalue weighted by molar-refractivity contribution is -0.120. The van der Waals surface area contributed by atoms with Crippen LogP contribution in [-0.2, 0) is 24.4 Å². The number of thiocarbonyl (C=S) groups is 1. The number of nitrogens with one attached hydrogen (secondary N) is 2. The number of carbonyl (C=O) groups excluding carboxylic acids is 1. The van der Waals surface area contributed by atoms with Crippen LogP contribution in [0.3, 0.4) is 0 Å². The van der Waals surface area contributed by atoms with Gasteiger partial charge in [0.15, 0.2) is 5.11 Å². The van der Waals surface area contributed by atoms with Crippen LogP contribution >= 0.6 is 23.6 Å². The molecule has 0 fully saturated rings. The topological polar surface area (TPSA) is 44.4 Å². The van der Waals surface area contributed by atoms with Gasteiger partial charge in [-0.3, -0.25) is 4.79 Å². The van der Waals surface area contributed by atoms with Crippen LogP contribution in [0, 0.1) is 6.92 Å². The highest BCUT2D eigenvalue weighted by atomic mass is 32.1. The first kappa shape index (κ1) is 21.0. The Morgan fingerprint density at radius 1 is 0.931 bits per heavy atom. The van der Waals surface area contributed by atoms with Crippen molar-refractivity contribution in [1.29, 1.82) is 0 Å². The molecular formula is C23H25N3OS2. The van der Waals surface area contributed by atoms with E-state index in [0.717, 1.165) is 5.56 Å². The zero-order valence-electron chi connectivity index (χ0n) is 16.4. The first-order chi connectivity index (χ1) is 14.1. The van der Waals surface area contributed by atoms with Crippen molar-refractivity contribution in [1.82, 2.24) is 15.5 Å². The van der Waals surface area contributed by atoms with Gasteiger partial charge in [0.2, 0.25) is 5.91 Å². The highest BCUT2D eigenvalue weighted by molar-refractivity contribution is 7.80. The summed E-state index contributed by atoms with van der Waals surface area (Å²) in [5.74, 6) is -0.0799. The fraction of sp³-hybridized carbons (Fsp3) is 0.217. The Morgan fingerprint density at radius 3 is 2.38 bits per heavy atom. The number of carbonyl (C=O) groups is 1. The van der Waals surface area contributed by atoms with Crippen LogP contribution in [0.15, 0.2) is 72.1 Å². The van der Waals surface area contributed by atoms with E-state index in [1.807, 2.05) is 55.5 Å². The van der Waals surface area contributed by atoms with Crippen molar-refractivity contribution < 1.29 is 4.79 Å². The van der Waals surface area contributed by atoms with Gasteiger partial charge in [-0.2, -0.15) is 0 Å². The van der Waals surface area contributed by atoms with Crippen molar-refractivity contribution in [2.45, 2.75) is 26.6 Å². The molecule has 0 saturated heterocycles. The first-order valence-corrected chi connectivity index (χ1v) is 10.8. The number of rotatable bonds is 8. The molecule has 1 amide bonds. The second kappa shape index (κ2) is 10.7. The number of hydrogen-bond acceptors (Lipinski definition) is 3. The highest BCUT2D eigenvalue weighted by Gasteiger charge is 2.13. The lowest BCUT2D eigenvalue weighted by atomic mass is 10.1. The minimum Gasteiger partial charge on any atom is -0.353 e. The third-order valence-electron chi connectivity index (χ3n) is 4.44. The number of thiophene rings is 1. The Morgan fingerprint density at radius 2 is 1.69 bits per heavy atom. The molecule has 150 valence electrons. The van der Waals surface area contributed by atoms with Crippen molar-refractivity contribution in [3.05, 3.63) is 93.7 Å². The number of aryl methyl sites for hydroxylation is 1. The fourth-order valence-corrected chi connectivity index (χ4v) is 3.75. The molecule has 0 atom stereocenters. The molecule has 0 aliphatic heterocycles. The zero-order valence-corrected chi connectivity index (χ0v) is 18.1. The number of amides is 1. The standard InChI is InChI=1S/C23H25N3OS2/c1-18-9-11-19(12-10-18)14-24-22(27)15-25-23(28)26(17-21-8-5-13-29-21)16-20-6-3-2-4-7-20/h2-13H,14-17H2,1H3,(H,24,27)(H,25,28). The molecule has 2 N–H and O–H groups in total. The summed E-state index contributed by atoms with van der Waals surface area (Å²) in [5.41, 5.74) is 3.46. The Bertz CT molecular complexity index is 909. The molecule has 29 heavy (non-hydrogen) atoms. The van der Waals surface area contributed by atoms with Gasteiger partial charge in [0, 0.05) is 18.0 Å². The Balaban J connectivity index is 1.52. The molecule has 3 rings (SSSR count). The van der Waals surface area contributed by atoms with Crippen molar-refractivity contribution in [3.8, 4) is 0 Å². The van der Waals surface area contributed by atoms with Crippen LogP contribution in [0.5, 0.6) is 0 Å². The normalized spacial score (nSPS) is 10.4. The summed E-state index contributed by atoms with van der Waals surface area (Å²) in [6.45, 7) is 4.11. The summed E-state index contributed by atoms with van der Waals surface area (Å²) >= 11 is 7.30. The second-order valence-corrected chi connectivity index (χ2v) is 8.26. The second-order valence-electron chi connectivity index (χ2n) is 6.84. The van der Waals surface area contributed by atoms with Crippen molar-refractivity contribution in [2.75, 3.05) is 6.54 Å². The summed E-state index contributed by atoms with van der Waals surface area (Å²) in [4.78, 5) is 15.6. The number of benzene rings is 2. The molecule has 6 heteroatoms. The van der Waals surface area contributed by atoms with Crippen molar-refractivity contribution in [3.63, 3.8) is 0 Å². The van der Waals surface area contributed by atoms with Crippen LogP contribution in [0.1, 0.15) is 21.6 Å². The maximum atomic E-state index is 12.2. The van der Waals surface area contributed by atoms with E-state index in [9.17, 15) is 4.79 Å². The molecule has 2 aromatic carbocycles. The van der Waals surface area contributed by atoms with Crippen LogP contribution in [0.4, 0.5) is 0 Å². The van der Waals surface area contributed by atoms with E-state index in [1.165, 1.54) is 16.0 Å². The van der Waals surface area contributed by atoms with Gasteiger partial charge in [0.1, 0.15) is 0 Å². The SMILES string of the molecule is Cc1ccc(CNC(=O)CNC(=S)N(Cc2ccccc2)Cc2cccs2)cc1. The van der Waals surface area contributed by atoms with Crippen molar-refractivity contribution >= 4 is 34.6 Å². The zero-order chi connectivity index (χ0) is 20.5. The summed E-state index contributed by atoms with van der Waals surface area (Å²) in [7, 11) is 0. The molecule has 0 aliphatic carbocycles. The van der Waals surface area contributed by atoms with Gasteiger partial charge in [-0.05, 0) is 41.7 Å². The molecule has 1 aromatic heterocycles. The first-order valence-electron chi connectivity index (χ1n) is 9.51. The monoisotopic (exact) mass is 423 g/mol. The summed E-state index contributed by atoms with van der Waals surface area (Å²) in [5, 5.41) is 8.68. The molecule has 0 radical (unpaired) electrons. The molecule has 0 saturated carbocycles. The largest absolute Gasteiger partial charge is 0.353 e. The van der Waals surface area contributed by atoms with Crippen LogP contribution in [-0.4, -0.2) is 22.5 Å². The molecule has 0 bridgehead atoms. The predicted octanol–water partition coefficient (Wildman–Crippen LogP) is 4.25. The minimum atomic E-state index is -0.0799. The fourth-order valence-electron chi connectivity index (χ4n) is 2.83. The minimum absolute atomic E-state index is 0.0799. The van der Waals surface area contributed by atoms with Crippen LogP contribution in [0.2, 0.25) is 0 Å². The van der Waals surface area contributed by atoms with Crippen LogP contribution < -0.4 is 10.6 Å². The molecule has 4 nitrogen and oxygen atoms in total. The van der Waals surface area contributed by atoms with E-state index < -0.39 is 0 Å². The van der Waals surface area contributed by atoms with Gasteiger partial charge in [-0.25, -0.2) is 0 Å². The summed E-state index contributed by atoms with van der Waals surface area (Å²) in [6.07, 6.45) is 0. The van der Waals surface area contributed by atoms with E-state index in [4.69, 9.17) is 12.2 Å². The number of nitrogens with zero attached hydrogens (tertiary/aromatic N) is 1. The Hall–Kier alpha value is -2.70. The van der Waals surface area contributed by atoms with E-state index in [-0.39, 0.29) is 12.5 Å². The predicted molar refractivity (Wildman–Crippen MR) is 124 cm³/mol. The Kier molecular flexibility index (Phi) is 7.78. The van der Waals surface area contributed by atoms with Gasteiger partial charge in [0.25, 0.3) is 0 Å². The maximum absolute atomic E-state index is 12.2. The molecule has 3 aromatic rings. The van der Waals surface area contributed by atoms with E-state index in [0.29, 0.717) is 24.7 Å². The van der Waals surface area contributed by atoms with Gasteiger partial charge >= 0.3 is 0 Å². The molecule has 0 spiro atoms. The lowest BCUT2D eigenvalue weighted by Gasteiger charge is -2.25. The smallest absolute Gasteiger partial charge is 0.239 e. The third kappa shape index (κ3) is 7.00. The van der Waals surface area contributed by atoms with Gasteiger partial charge in [-0.15, -0.1) is 11.3 Å². The van der Waals surface area contributed by atoms with E-state index >= 15 is 0 Å². The molecular weight excluding hydrogens is 398 g/mol. The van der Waals surface area contributed by atoms with Crippen LogP contribution in [0.25, 0.3) is 0 Å². The lowest BCUT2D eigenvalue weighted by Crippen LogP contribution is -2.43. The Labute approximate surface area is 181 Å². The van der Waals surface area contributed by atoms with Gasteiger partial charge < -0.3 is 15.5 Å². The summed E-state index contributed by atoms with van der Waals surface area (Å²) in [6, 6.07) is 22.5. The number of hydrogen-bond donors (Lipinski definition) is 2. The van der Waals surface area contributed by atoms with E-state index in [1.54, 1.807) is 11.3 Å². The quantitative estimate of drug-likeness (QED) is 0.532. The summed E-state index contributed by atoms with van der Waals surface area (Å²) < 4.78 is 0. The van der Waals surface area contributed by atoms with Gasteiger partial charge in [0.05, 0.1) is 13.1 Å². The maximum Gasteiger partial charge on any atom is 0.239 e.